The topological polar surface area (TPSA) is 87.5 Å². The quantitative estimate of drug-likeness (QED) is 0.148. The van der Waals surface area contributed by atoms with Crippen LogP contribution in [0.4, 0.5) is 5.69 Å². The molecule has 1 aromatic heterocycles. The molecule has 0 bridgehead atoms. The van der Waals surface area contributed by atoms with Crippen LogP contribution in [0.1, 0.15) is 26.3 Å². The molecule has 3 aromatic carbocycles. The molecule has 0 radical (unpaired) electrons. The summed E-state index contributed by atoms with van der Waals surface area (Å²) in [5.41, 5.74) is 2.52. The van der Waals surface area contributed by atoms with Crippen LogP contribution in [0.2, 0.25) is 10.0 Å². The maximum atomic E-state index is 12.8. The van der Waals surface area contributed by atoms with E-state index in [9.17, 15) is 4.79 Å². The number of nitrogens with zero attached hydrogens (tertiary/aromatic N) is 3. The second-order valence-corrected chi connectivity index (χ2v) is 10.5. The predicted molar refractivity (Wildman–Crippen MR) is 165 cm³/mol. The van der Waals surface area contributed by atoms with Crippen molar-refractivity contribution in [3.63, 3.8) is 0 Å². The molecule has 8 nitrogen and oxygen atoms in total. The van der Waals surface area contributed by atoms with Gasteiger partial charge in [0.2, 0.25) is 11.7 Å². The Bertz CT molecular complexity index is 1440. The van der Waals surface area contributed by atoms with E-state index < -0.39 is 0 Å². The molecule has 0 spiro atoms. The summed E-state index contributed by atoms with van der Waals surface area (Å²) in [7, 11) is 0. The molecule has 1 amide bonds. The van der Waals surface area contributed by atoms with Crippen molar-refractivity contribution >= 4 is 46.6 Å². The van der Waals surface area contributed by atoms with Gasteiger partial charge in [0.1, 0.15) is 0 Å². The van der Waals surface area contributed by atoms with Gasteiger partial charge in [0.15, 0.2) is 22.5 Å². The van der Waals surface area contributed by atoms with E-state index in [2.05, 4.69) is 27.6 Å². The molecule has 0 unspecified atom stereocenters. The Labute approximate surface area is 254 Å². The number of ether oxygens (including phenoxy) is 3. The van der Waals surface area contributed by atoms with Gasteiger partial charge in [-0.05, 0) is 63.1 Å². The van der Waals surface area contributed by atoms with Crippen LogP contribution < -0.4 is 19.5 Å². The van der Waals surface area contributed by atoms with E-state index in [1.54, 1.807) is 18.2 Å². The molecule has 0 saturated carbocycles. The summed E-state index contributed by atoms with van der Waals surface area (Å²) in [5.74, 6) is 2.26. The lowest BCUT2D eigenvalue weighted by atomic mass is 10.1. The largest absolute Gasteiger partial charge is 0.490 e. The van der Waals surface area contributed by atoms with Gasteiger partial charge in [-0.1, -0.05) is 65.3 Å². The van der Waals surface area contributed by atoms with Gasteiger partial charge in [-0.25, -0.2) is 0 Å². The van der Waals surface area contributed by atoms with Crippen molar-refractivity contribution in [1.29, 1.82) is 0 Å². The molecule has 11 heteroatoms. The molecule has 216 valence electrons. The third-order valence-corrected chi connectivity index (χ3v) is 7.59. The Hall–Kier alpha value is -3.40. The van der Waals surface area contributed by atoms with Gasteiger partial charge in [-0.3, -0.25) is 4.79 Å². The van der Waals surface area contributed by atoms with Crippen LogP contribution in [0.3, 0.4) is 0 Å². The zero-order valence-electron chi connectivity index (χ0n) is 23.2. The number of nitrogens with one attached hydrogen (secondary N) is 1. The third kappa shape index (κ3) is 8.09. The highest BCUT2D eigenvalue weighted by atomic mass is 35.5. The molecule has 4 aromatic rings. The summed E-state index contributed by atoms with van der Waals surface area (Å²) in [6.45, 7) is 7.75. The van der Waals surface area contributed by atoms with Crippen LogP contribution in [-0.4, -0.2) is 46.2 Å². The van der Waals surface area contributed by atoms with Crippen molar-refractivity contribution in [2.45, 2.75) is 38.9 Å². The number of hydrogen-bond acceptors (Lipinski definition) is 7. The number of hydrogen-bond donors (Lipinski definition) is 1. The van der Waals surface area contributed by atoms with Crippen LogP contribution in [0.25, 0.3) is 11.4 Å². The SMILES string of the molecule is CCOc1cc(-c2nnc(SCC(=O)Nc3ccc(Cl)c(Cl)c3)n2CCc2ccccc2)cc(OCC)c1OCC. The van der Waals surface area contributed by atoms with E-state index in [4.69, 9.17) is 37.4 Å². The lowest BCUT2D eigenvalue weighted by Gasteiger charge is -2.17. The molecule has 41 heavy (non-hydrogen) atoms. The number of thioether (sulfide) groups is 1. The van der Waals surface area contributed by atoms with Crippen LogP contribution in [0.5, 0.6) is 17.2 Å². The average molecular weight is 616 g/mol. The molecule has 0 fully saturated rings. The van der Waals surface area contributed by atoms with Gasteiger partial charge >= 0.3 is 0 Å². The summed E-state index contributed by atoms with van der Waals surface area (Å²) >= 11 is 13.4. The first-order chi connectivity index (χ1) is 19.9. The van der Waals surface area contributed by atoms with Gasteiger partial charge < -0.3 is 24.1 Å². The second-order valence-electron chi connectivity index (χ2n) is 8.76. The third-order valence-electron chi connectivity index (χ3n) is 5.89. The molecule has 0 atom stereocenters. The van der Waals surface area contributed by atoms with Gasteiger partial charge in [-0.15, -0.1) is 10.2 Å². The molecular weight excluding hydrogens is 583 g/mol. The zero-order valence-corrected chi connectivity index (χ0v) is 25.5. The molecule has 0 aliphatic carbocycles. The predicted octanol–water partition coefficient (Wildman–Crippen LogP) is 7.42. The first-order valence-electron chi connectivity index (χ1n) is 13.3. The van der Waals surface area contributed by atoms with E-state index in [0.29, 0.717) is 70.3 Å². The van der Waals surface area contributed by atoms with E-state index in [1.165, 1.54) is 17.3 Å². The van der Waals surface area contributed by atoms with E-state index in [-0.39, 0.29) is 11.7 Å². The Morgan fingerprint density at radius 3 is 2.20 bits per heavy atom. The van der Waals surface area contributed by atoms with Crippen molar-refractivity contribution in [1.82, 2.24) is 14.8 Å². The number of halogens is 2. The Morgan fingerprint density at radius 1 is 0.878 bits per heavy atom. The molecule has 4 rings (SSSR count). The zero-order chi connectivity index (χ0) is 29.2. The highest BCUT2D eigenvalue weighted by Crippen LogP contribution is 2.42. The number of amides is 1. The maximum absolute atomic E-state index is 12.8. The molecule has 1 N–H and O–H groups in total. The highest BCUT2D eigenvalue weighted by Gasteiger charge is 2.21. The van der Waals surface area contributed by atoms with Crippen molar-refractivity contribution in [3.8, 4) is 28.6 Å². The first-order valence-corrected chi connectivity index (χ1v) is 15.1. The standard InChI is InChI=1S/C30H32Cl2N4O4S/c1-4-38-25-16-21(17-26(39-5-2)28(25)40-6-3)29-34-35-30(36(29)15-14-20-10-8-7-9-11-20)41-19-27(37)33-22-12-13-23(31)24(32)18-22/h7-13,16-18H,4-6,14-15,19H2,1-3H3,(H,33,37). The smallest absolute Gasteiger partial charge is 0.234 e. The lowest BCUT2D eigenvalue weighted by Crippen LogP contribution is -2.15. The minimum Gasteiger partial charge on any atom is -0.490 e. The molecule has 0 aliphatic heterocycles. The van der Waals surface area contributed by atoms with E-state index >= 15 is 0 Å². The first kappa shape index (κ1) is 30.6. The highest BCUT2D eigenvalue weighted by molar-refractivity contribution is 7.99. The van der Waals surface area contributed by atoms with Crippen LogP contribution >= 0.6 is 35.0 Å². The summed E-state index contributed by atoms with van der Waals surface area (Å²) in [4.78, 5) is 12.8. The monoisotopic (exact) mass is 614 g/mol. The summed E-state index contributed by atoms with van der Waals surface area (Å²) in [6, 6.07) is 18.9. The van der Waals surface area contributed by atoms with Crippen molar-refractivity contribution < 1.29 is 19.0 Å². The normalized spacial score (nSPS) is 10.9. The second kappa shape index (κ2) is 15.0. The number of rotatable bonds is 14. The fourth-order valence-corrected chi connectivity index (χ4v) is 5.18. The molecule has 0 aliphatic rings. The molecular formula is C30H32Cl2N4O4S. The Kier molecular flexibility index (Phi) is 11.2. The molecule has 1 heterocycles. The Morgan fingerprint density at radius 2 is 1.56 bits per heavy atom. The van der Waals surface area contributed by atoms with Crippen molar-refractivity contribution in [2.24, 2.45) is 0 Å². The Balaban J connectivity index is 1.64. The van der Waals surface area contributed by atoms with Gasteiger partial charge in [-0.2, -0.15) is 0 Å². The van der Waals surface area contributed by atoms with Crippen LogP contribution in [0, 0.1) is 0 Å². The fraction of sp³-hybridized carbons (Fsp3) is 0.300. The van der Waals surface area contributed by atoms with Crippen LogP contribution in [-0.2, 0) is 17.8 Å². The van der Waals surface area contributed by atoms with E-state index in [0.717, 1.165) is 12.0 Å². The van der Waals surface area contributed by atoms with E-state index in [1.807, 2.05) is 55.7 Å². The van der Waals surface area contributed by atoms with Gasteiger partial charge in [0.25, 0.3) is 0 Å². The summed E-state index contributed by atoms with van der Waals surface area (Å²) in [5, 5.41) is 13.3. The lowest BCUT2D eigenvalue weighted by molar-refractivity contribution is -0.113. The minimum atomic E-state index is -0.203. The number of aryl methyl sites for hydroxylation is 1. The number of benzene rings is 3. The van der Waals surface area contributed by atoms with Gasteiger partial charge in [0, 0.05) is 17.8 Å². The molecule has 0 saturated heterocycles. The fourth-order valence-electron chi connectivity index (χ4n) is 4.12. The van der Waals surface area contributed by atoms with Gasteiger partial charge in [0.05, 0.1) is 35.6 Å². The van der Waals surface area contributed by atoms with Crippen molar-refractivity contribution in [3.05, 3.63) is 76.3 Å². The maximum Gasteiger partial charge on any atom is 0.234 e. The van der Waals surface area contributed by atoms with Crippen LogP contribution in [0.15, 0.2) is 65.8 Å². The summed E-state index contributed by atoms with van der Waals surface area (Å²) in [6.07, 6.45) is 0.753. The number of aromatic nitrogens is 3. The number of anilines is 1. The van der Waals surface area contributed by atoms with Crippen molar-refractivity contribution in [2.75, 3.05) is 30.9 Å². The average Bonchev–Trinajstić information content (AvgIpc) is 3.38. The summed E-state index contributed by atoms with van der Waals surface area (Å²) < 4.78 is 19.8. The minimum absolute atomic E-state index is 0.126. The number of carbonyl (C=O) groups excluding carboxylic acids is 1. The number of carbonyl (C=O) groups is 1.